The Hall–Kier alpha value is -3.61. The maximum atomic E-state index is 13.4. The zero-order valence-electron chi connectivity index (χ0n) is 23.8. The fourth-order valence-electron chi connectivity index (χ4n) is 8.35. The van der Waals surface area contributed by atoms with E-state index in [4.69, 9.17) is 4.74 Å². The molecule has 5 atom stereocenters. The second-order valence-corrected chi connectivity index (χ2v) is 12.5. The molecule has 2 aliphatic carbocycles. The molecule has 0 radical (unpaired) electrons. The molecule has 2 bridgehead atoms. The second-order valence-electron chi connectivity index (χ2n) is 12.5. The van der Waals surface area contributed by atoms with Crippen molar-refractivity contribution in [1.29, 1.82) is 0 Å². The number of nitrogens with zero attached hydrogens (tertiary/aromatic N) is 2. The minimum Gasteiger partial charge on any atom is -0.504 e. The third-order valence-electron chi connectivity index (χ3n) is 10.4. The number of amides is 1. The van der Waals surface area contributed by atoms with E-state index in [2.05, 4.69) is 35.2 Å². The van der Waals surface area contributed by atoms with Crippen LogP contribution in [0.5, 0.6) is 11.5 Å². The fourth-order valence-corrected chi connectivity index (χ4v) is 8.35. The van der Waals surface area contributed by atoms with Gasteiger partial charge in [-0.25, -0.2) is 0 Å². The number of carbonyl (C=O) groups is 1. The first-order valence-corrected chi connectivity index (χ1v) is 14.8. The Morgan fingerprint density at radius 2 is 1.98 bits per heavy atom. The van der Waals surface area contributed by atoms with E-state index in [9.17, 15) is 15.0 Å². The third-order valence-corrected chi connectivity index (χ3v) is 10.4. The number of hydrogen-bond acceptors (Lipinski definition) is 5. The van der Waals surface area contributed by atoms with Crippen LogP contribution in [0.15, 0.2) is 72.8 Å². The Morgan fingerprint density at radius 3 is 2.78 bits per heavy atom. The zero-order chi connectivity index (χ0) is 28.4. The van der Waals surface area contributed by atoms with Crippen molar-refractivity contribution in [2.24, 2.45) is 0 Å². The summed E-state index contributed by atoms with van der Waals surface area (Å²) in [5.74, 6) is 0.593. The summed E-state index contributed by atoms with van der Waals surface area (Å²) in [6.45, 7) is 3.77. The maximum Gasteiger partial charge on any atom is 0.246 e. The molecule has 6 heteroatoms. The van der Waals surface area contributed by atoms with E-state index in [-0.39, 0.29) is 29.8 Å². The van der Waals surface area contributed by atoms with Crippen molar-refractivity contribution >= 4 is 12.0 Å². The van der Waals surface area contributed by atoms with Gasteiger partial charge in [0, 0.05) is 43.7 Å². The first-order chi connectivity index (χ1) is 19.8. The van der Waals surface area contributed by atoms with Crippen LogP contribution in [0, 0.1) is 6.92 Å². The molecule has 2 aliphatic heterocycles. The van der Waals surface area contributed by atoms with Crippen molar-refractivity contribution in [3.63, 3.8) is 0 Å². The monoisotopic (exact) mass is 550 g/mol. The highest BCUT2D eigenvalue weighted by molar-refractivity contribution is 5.91. The number of ether oxygens (including phenoxy) is 1. The molecule has 7 rings (SSSR count). The van der Waals surface area contributed by atoms with Crippen LogP contribution in [0.1, 0.15) is 47.1 Å². The number of rotatable bonds is 6. The van der Waals surface area contributed by atoms with Crippen molar-refractivity contribution in [3.8, 4) is 11.5 Å². The van der Waals surface area contributed by atoms with E-state index >= 15 is 0 Å². The molecular weight excluding hydrogens is 512 g/mol. The number of likely N-dealkylation sites (tertiary alicyclic amines) is 1. The average Bonchev–Trinajstić information content (AvgIpc) is 3.31. The Morgan fingerprint density at radius 1 is 1.15 bits per heavy atom. The average molecular weight is 551 g/mol. The minimum absolute atomic E-state index is 0.0861. The Balaban J connectivity index is 1.21. The van der Waals surface area contributed by atoms with Gasteiger partial charge in [-0.05, 0) is 68.0 Å². The van der Waals surface area contributed by atoms with Crippen LogP contribution in [0.2, 0.25) is 0 Å². The highest BCUT2D eigenvalue weighted by Crippen LogP contribution is 2.65. The first kappa shape index (κ1) is 26.3. The lowest BCUT2D eigenvalue weighted by molar-refractivity contribution is -0.197. The molecule has 1 amide bonds. The van der Waals surface area contributed by atoms with Crippen LogP contribution in [0.3, 0.4) is 0 Å². The molecule has 3 aromatic carbocycles. The molecule has 0 aromatic heterocycles. The van der Waals surface area contributed by atoms with Crippen molar-refractivity contribution in [2.75, 3.05) is 20.1 Å². The highest BCUT2D eigenvalue weighted by Gasteiger charge is 2.72. The van der Waals surface area contributed by atoms with E-state index < -0.39 is 11.0 Å². The number of benzene rings is 3. The smallest absolute Gasteiger partial charge is 0.246 e. The van der Waals surface area contributed by atoms with Gasteiger partial charge in [0.1, 0.15) is 6.10 Å². The van der Waals surface area contributed by atoms with Crippen LogP contribution in [0.4, 0.5) is 0 Å². The van der Waals surface area contributed by atoms with Gasteiger partial charge in [-0.15, -0.1) is 0 Å². The highest BCUT2D eigenvalue weighted by atomic mass is 16.5. The molecule has 212 valence electrons. The van der Waals surface area contributed by atoms with Gasteiger partial charge in [0.2, 0.25) is 5.91 Å². The number of phenolic OH excluding ortho intramolecular Hbond substituents is 1. The molecule has 2 fully saturated rings. The van der Waals surface area contributed by atoms with Crippen molar-refractivity contribution in [2.45, 2.75) is 68.2 Å². The first-order valence-electron chi connectivity index (χ1n) is 14.8. The maximum absolute atomic E-state index is 13.4. The molecule has 2 heterocycles. The summed E-state index contributed by atoms with van der Waals surface area (Å²) in [7, 11) is 1.84. The largest absolute Gasteiger partial charge is 0.504 e. The van der Waals surface area contributed by atoms with Crippen molar-refractivity contribution < 1.29 is 19.7 Å². The Labute approximate surface area is 241 Å². The molecule has 3 aromatic rings. The molecule has 1 saturated carbocycles. The molecule has 1 spiro atoms. The molecular formula is C35H38N2O4. The number of phenols is 1. The molecule has 2 unspecified atom stereocenters. The van der Waals surface area contributed by atoms with Crippen LogP contribution in [-0.4, -0.2) is 69.8 Å². The van der Waals surface area contributed by atoms with Gasteiger partial charge in [0.05, 0.1) is 11.0 Å². The summed E-state index contributed by atoms with van der Waals surface area (Å²) in [6, 6.07) is 22.1. The number of carbonyl (C=O) groups excluding carboxylic acids is 1. The van der Waals surface area contributed by atoms with E-state index in [0.29, 0.717) is 25.0 Å². The molecule has 41 heavy (non-hydrogen) atoms. The second kappa shape index (κ2) is 9.74. The van der Waals surface area contributed by atoms with Gasteiger partial charge >= 0.3 is 0 Å². The number of piperidine rings is 1. The molecule has 1 saturated heterocycles. The van der Waals surface area contributed by atoms with Gasteiger partial charge in [-0.1, -0.05) is 66.2 Å². The van der Waals surface area contributed by atoms with Crippen LogP contribution in [-0.2, 0) is 23.1 Å². The minimum atomic E-state index is -1.09. The molecule has 2 N–H and O–H groups in total. The van der Waals surface area contributed by atoms with Gasteiger partial charge in [0.25, 0.3) is 0 Å². The Kier molecular flexibility index (Phi) is 6.25. The third kappa shape index (κ3) is 4.03. The van der Waals surface area contributed by atoms with Crippen molar-refractivity contribution in [3.05, 3.63) is 101 Å². The summed E-state index contributed by atoms with van der Waals surface area (Å²) >= 11 is 0. The van der Waals surface area contributed by atoms with Crippen molar-refractivity contribution in [1.82, 2.24) is 9.80 Å². The standard InChI is InChI=1S/C35H38N2O4/c1-23-7-6-10-25(19-23)11-14-31(39)36(2)27-21-30-34-16-18-37(17-15-24-8-4-3-5-9-24)29(35(34,40)22-27)20-26-12-13-28(38)33(41-30)32(26)34/h3-14,19,27,29-30,38,40H,15-18,20-22H2,1-2H3/b14-11+/t27?,29-,30?,34-,35-/m1/s1. The topological polar surface area (TPSA) is 73.2 Å². The predicted molar refractivity (Wildman–Crippen MR) is 159 cm³/mol. The van der Waals surface area contributed by atoms with Gasteiger partial charge in [0.15, 0.2) is 11.5 Å². The number of aromatic hydroxyl groups is 1. The summed E-state index contributed by atoms with van der Waals surface area (Å²) in [6.07, 6.45) is 6.66. The number of aliphatic hydroxyl groups is 1. The van der Waals surface area contributed by atoms with E-state index in [1.54, 1.807) is 17.0 Å². The zero-order valence-corrected chi connectivity index (χ0v) is 23.8. The van der Waals surface area contributed by atoms with Gasteiger partial charge in [-0.2, -0.15) is 0 Å². The number of hydrogen-bond donors (Lipinski definition) is 2. The summed E-state index contributed by atoms with van der Waals surface area (Å²) in [4.78, 5) is 17.7. The van der Waals surface area contributed by atoms with Gasteiger partial charge < -0.3 is 19.8 Å². The quantitative estimate of drug-likeness (QED) is 0.438. The number of likely N-dealkylation sites (N-methyl/N-ethyl adjacent to an activating group) is 1. The summed E-state index contributed by atoms with van der Waals surface area (Å²) in [5, 5.41) is 23.8. The van der Waals surface area contributed by atoms with Crippen LogP contribution in [0.25, 0.3) is 6.08 Å². The van der Waals surface area contributed by atoms with Crippen LogP contribution < -0.4 is 4.74 Å². The predicted octanol–water partition coefficient (Wildman–Crippen LogP) is 4.64. The number of aryl methyl sites for hydroxylation is 1. The summed E-state index contributed by atoms with van der Waals surface area (Å²) in [5.41, 5.74) is 3.93. The van der Waals surface area contributed by atoms with E-state index in [1.807, 2.05) is 50.4 Å². The SMILES string of the molecule is Cc1cccc(/C=C/C(=O)N(C)C2CC3Oc4c(O)ccc5c4[C@@]34CCN(CCc3ccccc3)[C@H](C5)[C@]4(O)C2)c1. The summed E-state index contributed by atoms with van der Waals surface area (Å²) < 4.78 is 6.56. The lowest BCUT2D eigenvalue weighted by Gasteiger charge is -2.64. The fraction of sp³-hybridized carbons (Fsp3) is 0.400. The molecule has 6 nitrogen and oxygen atoms in total. The van der Waals surface area contributed by atoms with E-state index in [1.165, 1.54) is 11.1 Å². The lowest BCUT2D eigenvalue weighted by atomic mass is 9.48. The van der Waals surface area contributed by atoms with Gasteiger partial charge in [-0.3, -0.25) is 9.69 Å². The van der Waals surface area contributed by atoms with Crippen LogP contribution >= 0.6 is 0 Å². The molecule has 4 aliphatic rings. The van der Waals surface area contributed by atoms with E-state index in [0.717, 1.165) is 42.6 Å². The lowest BCUT2D eigenvalue weighted by Crippen LogP contribution is -2.77. The Bertz CT molecular complexity index is 1520. The normalized spacial score (nSPS) is 29.7.